The summed E-state index contributed by atoms with van der Waals surface area (Å²) in [7, 11) is 0. The number of Topliss-reactive ketones (excluding diaryl/α,β-unsaturated/α-hetero) is 1. The minimum absolute atomic E-state index is 0.0165. The molecular formula is C19H22NO3S+. The second-order valence-corrected chi connectivity index (χ2v) is 8.16. The summed E-state index contributed by atoms with van der Waals surface area (Å²) in [5.41, 5.74) is 0.796. The van der Waals surface area contributed by atoms with Crippen molar-refractivity contribution in [3.63, 3.8) is 0 Å². The van der Waals surface area contributed by atoms with Gasteiger partial charge in [0.25, 0.3) is 0 Å². The standard InChI is InChI=1S/C19H22NO3S/c1-13(21)23-18-12-20(7-4-14(18)5-8-20)11-17(22)15-2-3-19-16(10-15)6-9-24-19/h2-3,6,9-10,14,18H,4-5,7-8,11-12H2,1H3/q+1/t14?,18-,20?/m0/s1. The predicted octanol–water partition coefficient (Wildman–Crippen LogP) is 3.26. The number of nitrogens with zero attached hydrogens (tertiary/aromatic N) is 1. The van der Waals surface area contributed by atoms with Gasteiger partial charge >= 0.3 is 5.97 Å². The van der Waals surface area contributed by atoms with Crippen molar-refractivity contribution >= 4 is 33.2 Å². The Hall–Kier alpha value is -1.72. The molecule has 4 nitrogen and oxygen atoms in total. The molecule has 5 heteroatoms. The van der Waals surface area contributed by atoms with Crippen LogP contribution in [0, 0.1) is 5.92 Å². The van der Waals surface area contributed by atoms with Crippen molar-refractivity contribution in [2.24, 2.45) is 5.92 Å². The van der Waals surface area contributed by atoms with Gasteiger partial charge in [0, 0.05) is 35.9 Å². The highest BCUT2D eigenvalue weighted by Gasteiger charge is 2.48. The molecule has 1 aromatic carbocycles. The maximum Gasteiger partial charge on any atom is 0.303 e. The molecule has 0 aliphatic carbocycles. The molecule has 1 aromatic heterocycles. The fourth-order valence-electron chi connectivity index (χ4n) is 4.33. The number of piperidine rings is 3. The van der Waals surface area contributed by atoms with Crippen LogP contribution in [0.15, 0.2) is 29.6 Å². The SMILES string of the molecule is CC(=O)O[C@H]1C[N+]2(CC(=O)c3ccc4sccc4c3)CCC1CC2. The lowest BCUT2D eigenvalue weighted by molar-refractivity contribution is -0.938. The van der Waals surface area contributed by atoms with E-state index in [9.17, 15) is 9.59 Å². The second-order valence-electron chi connectivity index (χ2n) is 7.21. The number of hydrogen-bond donors (Lipinski definition) is 0. The average molecular weight is 344 g/mol. The van der Waals surface area contributed by atoms with E-state index >= 15 is 0 Å². The van der Waals surface area contributed by atoms with Crippen molar-refractivity contribution in [3.8, 4) is 0 Å². The summed E-state index contributed by atoms with van der Waals surface area (Å²) in [6.45, 7) is 4.82. The molecule has 1 atom stereocenters. The van der Waals surface area contributed by atoms with Gasteiger partial charge in [-0.3, -0.25) is 9.59 Å². The summed E-state index contributed by atoms with van der Waals surface area (Å²) in [6.07, 6.45) is 2.08. The van der Waals surface area contributed by atoms with Crippen LogP contribution in [0.25, 0.3) is 10.1 Å². The average Bonchev–Trinajstić information content (AvgIpc) is 3.02. The number of carbonyl (C=O) groups is 2. The van der Waals surface area contributed by atoms with E-state index in [-0.39, 0.29) is 17.9 Å². The molecule has 3 aliphatic rings. The molecule has 126 valence electrons. The molecule has 2 bridgehead atoms. The Bertz CT molecular complexity index is 789. The Kier molecular flexibility index (Phi) is 3.93. The molecule has 24 heavy (non-hydrogen) atoms. The van der Waals surface area contributed by atoms with Crippen LogP contribution in [-0.2, 0) is 9.53 Å². The molecule has 2 aromatic rings. The zero-order chi connectivity index (χ0) is 16.7. The van der Waals surface area contributed by atoms with Crippen molar-refractivity contribution in [2.45, 2.75) is 25.9 Å². The van der Waals surface area contributed by atoms with Gasteiger partial charge in [-0.2, -0.15) is 0 Å². The summed E-state index contributed by atoms with van der Waals surface area (Å²) in [5.74, 6) is 0.470. The van der Waals surface area contributed by atoms with Crippen molar-refractivity contribution in [1.29, 1.82) is 0 Å². The lowest BCUT2D eigenvalue weighted by Crippen LogP contribution is -2.65. The highest BCUT2D eigenvalue weighted by molar-refractivity contribution is 7.17. The molecule has 3 saturated heterocycles. The van der Waals surface area contributed by atoms with E-state index in [1.54, 1.807) is 11.3 Å². The van der Waals surface area contributed by atoms with Gasteiger partial charge in [-0.15, -0.1) is 11.3 Å². The summed E-state index contributed by atoms with van der Waals surface area (Å²) in [5, 5.41) is 3.20. The molecule has 0 amide bonds. The number of carbonyl (C=O) groups excluding carboxylic acids is 2. The van der Waals surface area contributed by atoms with Crippen LogP contribution < -0.4 is 0 Å². The van der Waals surface area contributed by atoms with E-state index in [1.807, 2.05) is 18.2 Å². The van der Waals surface area contributed by atoms with Gasteiger partial charge in [0.15, 0.2) is 6.10 Å². The van der Waals surface area contributed by atoms with Gasteiger partial charge in [-0.25, -0.2) is 0 Å². The number of esters is 1. The van der Waals surface area contributed by atoms with E-state index < -0.39 is 0 Å². The lowest BCUT2D eigenvalue weighted by atomic mass is 9.83. The number of thiophene rings is 1. The molecule has 0 spiro atoms. The first-order chi connectivity index (χ1) is 11.5. The minimum Gasteiger partial charge on any atom is -0.456 e. The van der Waals surface area contributed by atoms with Gasteiger partial charge in [-0.1, -0.05) is 0 Å². The summed E-state index contributed by atoms with van der Waals surface area (Å²) in [6, 6.07) is 8.05. The van der Waals surface area contributed by atoms with Gasteiger partial charge in [-0.05, 0) is 35.0 Å². The predicted molar refractivity (Wildman–Crippen MR) is 94.2 cm³/mol. The van der Waals surface area contributed by atoms with Crippen molar-refractivity contribution in [2.75, 3.05) is 26.2 Å². The highest BCUT2D eigenvalue weighted by atomic mass is 32.1. The number of hydrogen-bond acceptors (Lipinski definition) is 4. The van der Waals surface area contributed by atoms with Crippen LogP contribution in [0.5, 0.6) is 0 Å². The number of ether oxygens (including phenoxy) is 1. The van der Waals surface area contributed by atoms with E-state index in [2.05, 4.69) is 11.4 Å². The van der Waals surface area contributed by atoms with Crippen LogP contribution >= 0.6 is 11.3 Å². The highest BCUT2D eigenvalue weighted by Crippen LogP contribution is 2.36. The molecule has 3 fully saturated rings. The molecular weight excluding hydrogens is 322 g/mol. The van der Waals surface area contributed by atoms with Gasteiger partial charge in [0.05, 0.1) is 13.1 Å². The van der Waals surface area contributed by atoms with Gasteiger partial charge in [0.2, 0.25) is 5.78 Å². The first kappa shape index (κ1) is 15.8. The summed E-state index contributed by atoms with van der Waals surface area (Å²) >= 11 is 1.70. The first-order valence-corrected chi connectivity index (χ1v) is 9.45. The number of fused-ring (bicyclic) bond motifs is 4. The molecule has 0 radical (unpaired) electrons. The Morgan fingerprint density at radius 3 is 2.79 bits per heavy atom. The zero-order valence-corrected chi connectivity index (χ0v) is 14.7. The maximum absolute atomic E-state index is 12.9. The Morgan fingerprint density at radius 2 is 2.04 bits per heavy atom. The Labute approximate surface area is 145 Å². The third kappa shape index (κ3) is 2.87. The normalized spacial score (nSPS) is 28.9. The quantitative estimate of drug-likeness (QED) is 0.486. The van der Waals surface area contributed by atoms with Crippen LogP contribution in [0.3, 0.4) is 0 Å². The Morgan fingerprint density at radius 1 is 1.25 bits per heavy atom. The monoisotopic (exact) mass is 344 g/mol. The summed E-state index contributed by atoms with van der Waals surface area (Å²) < 4.78 is 7.51. The number of benzene rings is 1. The van der Waals surface area contributed by atoms with Crippen molar-refractivity contribution in [3.05, 3.63) is 35.2 Å². The van der Waals surface area contributed by atoms with Crippen LogP contribution in [0.1, 0.15) is 30.1 Å². The van der Waals surface area contributed by atoms with Crippen molar-refractivity contribution in [1.82, 2.24) is 0 Å². The minimum atomic E-state index is -0.207. The zero-order valence-electron chi connectivity index (χ0n) is 13.9. The first-order valence-electron chi connectivity index (χ1n) is 8.57. The molecule has 5 rings (SSSR count). The number of ketones is 1. The summed E-state index contributed by atoms with van der Waals surface area (Å²) in [4.78, 5) is 24.2. The lowest BCUT2D eigenvalue weighted by Gasteiger charge is -2.51. The smallest absolute Gasteiger partial charge is 0.303 e. The molecule has 4 heterocycles. The fraction of sp³-hybridized carbons (Fsp3) is 0.474. The molecule has 0 N–H and O–H groups in total. The van der Waals surface area contributed by atoms with E-state index in [0.717, 1.165) is 47.9 Å². The topological polar surface area (TPSA) is 43.4 Å². The number of rotatable bonds is 4. The van der Waals surface area contributed by atoms with Crippen LogP contribution in [0.4, 0.5) is 0 Å². The molecule has 3 aliphatic heterocycles. The van der Waals surface area contributed by atoms with Crippen LogP contribution in [-0.4, -0.2) is 48.5 Å². The van der Waals surface area contributed by atoms with Crippen LogP contribution in [0.2, 0.25) is 0 Å². The van der Waals surface area contributed by atoms with Crippen molar-refractivity contribution < 1.29 is 18.8 Å². The van der Waals surface area contributed by atoms with Gasteiger partial charge < -0.3 is 9.22 Å². The molecule has 0 saturated carbocycles. The Balaban J connectivity index is 1.52. The second kappa shape index (κ2) is 5.97. The maximum atomic E-state index is 12.9. The van der Waals surface area contributed by atoms with E-state index in [1.165, 1.54) is 11.6 Å². The number of quaternary nitrogens is 1. The fourth-order valence-corrected chi connectivity index (χ4v) is 5.10. The van der Waals surface area contributed by atoms with Gasteiger partial charge in [0.1, 0.15) is 13.1 Å². The largest absolute Gasteiger partial charge is 0.456 e. The third-order valence-corrected chi connectivity index (χ3v) is 6.51. The molecule has 0 unspecified atom stereocenters. The van der Waals surface area contributed by atoms with E-state index in [4.69, 9.17) is 4.74 Å². The third-order valence-electron chi connectivity index (χ3n) is 5.61. The van der Waals surface area contributed by atoms with E-state index in [0.29, 0.717) is 12.5 Å².